The summed E-state index contributed by atoms with van der Waals surface area (Å²) in [6, 6.07) is 43.4. The highest BCUT2D eigenvalue weighted by molar-refractivity contribution is 6.35. The van der Waals surface area contributed by atoms with E-state index in [9.17, 15) is 0 Å². The Morgan fingerprint density at radius 1 is 0.488 bits per heavy atom. The van der Waals surface area contributed by atoms with Crippen LogP contribution < -0.4 is 0 Å². The molecule has 6 aromatic rings. The molecule has 1 aromatic heterocycles. The van der Waals surface area contributed by atoms with E-state index in [4.69, 9.17) is 23.2 Å². The van der Waals surface area contributed by atoms with E-state index in [0.717, 1.165) is 35.2 Å². The Morgan fingerprint density at radius 3 is 1.71 bits per heavy atom. The molecule has 5 aromatic carbocycles. The maximum Gasteiger partial charge on any atom is 0.0702 e. The van der Waals surface area contributed by atoms with E-state index < -0.39 is 0 Å². The summed E-state index contributed by atoms with van der Waals surface area (Å²) in [5.41, 5.74) is 14.9. The Balaban J connectivity index is 1.30. The van der Waals surface area contributed by atoms with Crippen LogP contribution >= 0.6 is 23.2 Å². The predicted molar refractivity (Wildman–Crippen MR) is 171 cm³/mol. The van der Waals surface area contributed by atoms with Crippen molar-refractivity contribution in [2.45, 2.75) is 18.3 Å². The monoisotopic (exact) mass is 565 g/mol. The number of benzene rings is 5. The number of pyridine rings is 1. The highest BCUT2D eigenvalue weighted by atomic mass is 35.5. The molecule has 8 rings (SSSR count). The minimum Gasteiger partial charge on any atom is -0.256 e. The van der Waals surface area contributed by atoms with Gasteiger partial charge in [-0.25, -0.2) is 0 Å². The third-order valence-corrected chi connectivity index (χ3v) is 9.25. The van der Waals surface area contributed by atoms with Gasteiger partial charge in [0.15, 0.2) is 0 Å². The molecule has 0 saturated carbocycles. The summed E-state index contributed by atoms with van der Waals surface area (Å²) < 4.78 is 0. The molecule has 2 aliphatic carbocycles. The van der Waals surface area contributed by atoms with Crippen molar-refractivity contribution in [3.63, 3.8) is 0 Å². The first-order valence-electron chi connectivity index (χ1n) is 13.9. The Kier molecular flexibility index (Phi) is 5.67. The lowest BCUT2D eigenvalue weighted by molar-refractivity contribution is 0.564. The van der Waals surface area contributed by atoms with E-state index in [1.807, 2.05) is 30.5 Å². The number of halogens is 2. The fraction of sp³-hybridized carbons (Fsp3) is 0.0789. The highest BCUT2D eigenvalue weighted by Crippen LogP contribution is 2.56. The second-order valence-corrected chi connectivity index (χ2v) is 12.1. The largest absolute Gasteiger partial charge is 0.256 e. The minimum atomic E-state index is -0.124. The first-order valence-corrected chi connectivity index (χ1v) is 14.7. The van der Waals surface area contributed by atoms with Gasteiger partial charge in [-0.2, -0.15) is 0 Å². The SMILES string of the molecule is Clc1cc(Cl)cc(-c2ccc3c(c2)C2(Cc4ccccc4C2)c2cc(-c4cccc(-c5ccccn5)c4)ccc2-3)c1. The summed E-state index contributed by atoms with van der Waals surface area (Å²) in [6.45, 7) is 0. The number of fused-ring (bicyclic) bond motifs is 6. The lowest BCUT2D eigenvalue weighted by atomic mass is 9.74. The van der Waals surface area contributed by atoms with Crippen LogP contribution in [0.15, 0.2) is 128 Å². The Labute approximate surface area is 250 Å². The Hall–Kier alpha value is -4.17. The van der Waals surface area contributed by atoms with Gasteiger partial charge in [0.1, 0.15) is 0 Å². The summed E-state index contributed by atoms with van der Waals surface area (Å²) in [5.74, 6) is 0. The molecule has 1 heterocycles. The smallest absolute Gasteiger partial charge is 0.0702 e. The van der Waals surface area contributed by atoms with Crippen molar-refractivity contribution >= 4 is 23.2 Å². The summed E-state index contributed by atoms with van der Waals surface area (Å²) in [5, 5.41) is 1.30. The molecule has 196 valence electrons. The van der Waals surface area contributed by atoms with Gasteiger partial charge in [0, 0.05) is 27.2 Å². The molecule has 0 bridgehead atoms. The van der Waals surface area contributed by atoms with Gasteiger partial charge in [-0.1, -0.05) is 96.0 Å². The standard InChI is InChI=1S/C38H25Cl2N/c39-31-17-30(18-32(40)21-31)26-12-14-34-33-13-11-25(24-8-5-9-27(16-24)37-10-3-4-15-41-37)19-35(33)38(36(34)20-26)22-28-6-1-2-7-29(28)23-38/h1-21H,22-23H2. The van der Waals surface area contributed by atoms with Gasteiger partial charge in [-0.05, 0) is 117 Å². The lowest BCUT2D eigenvalue weighted by Gasteiger charge is -2.27. The average Bonchev–Trinajstić information content (AvgIpc) is 3.52. The quantitative estimate of drug-likeness (QED) is 0.208. The second kappa shape index (κ2) is 9.45. The third kappa shape index (κ3) is 4.03. The zero-order valence-electron chi connectivity index (χ0n) is 22.2. The van der Waals surface area contributed by atoms with Crippen LogP contribution in [0.5, 0.6) is 0 Å². The molecule has 0 radical (unpaired) electrons. The predicted octanol–water partition coefficient (Wildman–Crippen LogP) is 10.5. The van der Waals surface area contributed by atoms with E-state index in [0.29, 0.717) is 10.0 Å². The minimum absolute atomic E-state index is 0.124. The van der Waals surface area contributed by atoms with Crippen LogP contribution in [0.2, 0.25) is 10.0 Å². The molecule has 41 heavy (non-hydrogen) atoms. The van der Waals surface area contributed by atoms with E-state index in [2.05, 4.69) is 96.0 Å². The molecule has 0 amide bonds. The molecule has 0 saturated heterocycles. The van der Waals surface area contributed by atoms with Crippen LogP contribution in [-0.2, 0) is 18.3 Å². The molecule has 0 unspecified atom stereocenters. The zero-order chi connectivity index (χ0) is 27.6. The van der Waals surface area contributed by atoms with Gasteiger partial charge < -0.3 is 0 Å². The molecule has 2 aliphatic rings. The molecular formula is C38H25Cl2N. The van der Waals surface area contributed by atoms with Gasteiger partial charge in [-0.3, -0.25) is 4.98 Å². The highest BCUT2D eigenvalue weighted by Gasteiger charge is 2.47. The van der Waals surface area contributed by atoms with Gasteiger partial charge in [0.2, 0.25) is 0 Å². The van der Waals surface area contributed by atoms with Gasteiger partial charge in [0.25, 0.3) is 0 Å². The van der Waals surface area contributed by atoms with Gasteiger partial charge in [0.05, 0.1) is 5.69 Å². The van der Waals surface area contributed by atoms with Crippen molar-refractivity contribution in [3.8, 4) is 44.6 Å². The molecular weight excluding hydrogens is 541 g/mol. The number of hydrogen-bond donors (Lipinski definition) is 0. The Morgan fingerprint density at radius 2 is 1.07 bits per heavy atom. The van der Waals surface area contributed by atoms with Crippen LogP contribution in [-0.4, -0.2) is 4.98 Å². The fourth-order valence-corrected chi connectivity index (χ4v) is 7.49. The number of rotatable bonds is 3. The fourth-order valence-electron chi connectivity index (χ4n) is 6.96. The van der Waals surface area contributed by atoms with E-state index in [1.165, 1.54) is 44.5 Å². The molecule has 0 atom stereocenters. The van der Waals surface area contributed by atoms with Gasteiger partial charge >= 0.3 is 0 Å². The third-order valence-electron chi connectivity index (χ3n) is 8.82. The van der Waals surface area contributed by atoms with Crippen LogP contribution in [0.4, 0.5) is 0 Å². The molecule has 0 aliphatic heterocycles. The molecule has 0 N–H and O–H groups in total. The average molecular weight is 567 g/mol. The second-order valence-electron chi connectivity index (χ2n) is 11.2. The van der Waals surface area contributed by atoms with Crippen molar-refractivity contribution in [3.05, 3.63) is 160 Å². The van der Waals surface area contributed by atoms with Crippen LogP contribution in [0, 0.1) is 0 Å². The van der Waals surface area contributed by atoms with E-state index in [1.54, 1.807) is 6.07 Å². The van der Waals surface area contributed by atoms with Crippen molar-refractivity contribution in [1.29, 1.82) is 0 Å². The van der Waals surface area contributed by atoms with Crippen molar-refractivity contribution in [2.75, 3.05) is 0 Å². The first kappa shape index (κ1) is 24.6. The summed E-state index contributed by atoms with van der Waals surface area (Å²) in [7, 11) is 0. The van der Waals surface area contributed by atoms with E-state index >= 15 is 0 Å². The lowest BCUT2D eigenvalue weighted by Crippen LogP contribution is -2.26. The first-order chi connectivity index (χ1) is 20.1. The molecule has 3 heteroatoms. The summed E-state index contributed by atoms with van der Waals surface area (Å²) in [6.07, 6.45) is 3.82. The number of hydrogen-bond acceptors (Lipinski definition) is 1. The molecule has 0 fully saturated rings. The normalized spacial score (nSPS) is 14.1. The molecule has 1 nitrogen and oxygen atoms in total. The number of aromatic nitrogens is 1. The maximum absolute atomic E-state index is 6.41. The maximum atomic E-state index is 6.41. The Bertz CT molecular complexity index is 1930. The van der Waals surface area contributed by atoms with Crippen LogP contribution in [0.25, 0.3) is 44.6 Å². The zero-order valence-corrected chi connectivity index (χ0v) is 23.8. The van der Waals surface area contributed by atoms with Crippen molar-refractivity contribution in [2.24, 2.45) is 0 Å². The van der Waals surface area contributed by atoms with Gasteiger partial charge in [-0.15, -0.1) is 0 Å². The topological polar surface area (TPSA) is 12.9 Å². The van der Waals surface area contributed by atoms with Crippen molar-refractivity contribution in [1.82, 2.24) is 4.98 Å². The molecule has 1 spiro atoms. The summed E-state index contributed by atoms with van der Waals surface area (Å²) >= 11 is 12.8. The van der Waals surface area contributed by atoms with Crippen LogP contribution in [0.1, 0.15) is 22.3 Å². The van der Waals surface area contributed by atoms with Crippen molar-refractivity contribution < 1.29 is 0 Å². The summed E-state index contributed by atoms with van der Waals surface area (Å²) in [4.78, 5) is 4.58. The van der Waals surface area contributed by atoms with Crippen LogP contribution in [0.3, 0.4) is 0 Å². The van der Waals surface area contributed by atoms with E-state index in [-0.39, 0.29) is 5.41 Å². The number of nitrogens with zero attached hydrogens (tertiary/aromatic N) is 1.